The van der Waals surface area contributed by atoms with E-state index in [2.05, 4.69) is 37.4 Å². The van der Waals surface area contributed by atoms with E-state index in [0.29, 0.717) is 24.6 Å². The molecule has 1 fully saturated rings. The van der Waals surface area contributed by atoms with E-state index in [9.17, 15) is 0 Å². The number of benzene rings is 1. The minimum atomic E-state index is 0.301. The molecule has 2 rings (SSSR count). The molecule has 2 unspecified atom stereocenters. The van der Waals surface area contributed by atoms with Crippen LogP contribution in [0.15, 0.2) is 24.3 Å². The van der Waals surface area contributed by atoms with Gasteiger partial charge in [0.05, 0.1) is 6.61 Å². The topological polar surface area (TPSA) is 30.5 Å². The zero-order valence-electron chi connectivity index (χ0n) is 12.9. The van der Waals surface area contributed by atoms with Gasteiger partial charge in [-0.2, -0.15) is 0 Å². The molecule has 1 heterocycles. The van der Waals surface area contributed by atoms with Gasteiger partial charge in [0.1, 0.15) is 5.75 Å². The maximum absolute atomic E-state index is 5.73. The Balaban J connectivity index is 1.98. The third kappa shape index (κ3) is 3.97. The maximum Gasteiger partial charge on any atom is 0.124 e. The normalized spacial score (nSPS) is 19.6. The highest BCUT2D eigenvalue weighted by molar-refractivity contribution is 5.35. The molecule has 20 heavy (non-hydrogen) atoms. The zero-order valence-corrected chi connectivity index (χ0v) is 12.9. The minimum Gasteiger partial charge on any atom is -0.494 e. The highest BCUT2D eigenvalue weighted by atomic mass is 16.5. The number of hydrogen-bond donors (Lipinski definition) is 1. The molecule has 1 N–H and O–H groups in total. The Labute approximate surface area is 122 Å². The minimum absolute atomic E-state index is 0.301. The van der Waals surface area contributed by atoms with Crippen LogP contribution in [0.2, 0.25) is 0 Å². The quantitative estimate of drug-likeness (QED) is 0.862. The third-order valence-corrected chi connectivity index (χ3v) is 4.17. The van der Waals surface area contributed by atoms with Crippen LogP contribution >= 0.6 is 0 Å². The molecule has 1 aromatic rings. The van der Waals surface area contributed by atoms with Crippen LogP contribution in [0.5, 0.6) is 5.75 Å². The lowest BCUT2D eigenvalue weighted by atomic mass is 9.92. The van der Waals surface area contributed by atoms with Crippen molar-refractivity contribution in [1.82, 2.24) is 5.32 Å². The summed E-state index contributed by atoms with van der Waals surface area (Å²) in [4.78, 5) is 0. The van der Waals surface area contributed by atoms with E-state index in [0.717, 1.165) is 31.8 Å². The van der Waals surface area contributed by atoms with E-state index in [1.165, 1.54) is 5.56 Å². The second-order valence-electron chi connectivity index (χ2n) is 5.60. The number of hydrogen-bond acceptors (Lipinski definition) is 3. The summed E-state index contributed by atoms with van der Waals surface area (Å²) in [6.07, 6.45) is 2.32. The van der Waals surface area contributed by atoms with Crippen molar-refractivity contribution in [2.75, 3.05) is 19.8 Å². The summed E-state index contributed by atoms with van der Waals surface area (Å²) < 4.78 is 11.2. The SMILES string of the molecule is CCOc1ccccc1C(C)NC(C)C1CCOCC1. The van der Waals surface area contributed by atoms with Gasteiger partial charge in [-0.05, 0) is 45.6 Å². The highest BCUT2D eigenvalue weighted by Gasteiger charge is 2.22. The Morgan fingerprint density at radius 2 is 1.95 bits per heavy atom. The molecule has 3 heteroatoms. The van der Waals surface area contributed by atoms with E-state index in [-0.39, 0.29) is 0 Å². The van der Waals surface area contributed by atoms with Crippen molar-refractivity contribution in [3.8, 4) is 5.75 Å². The third-order valence-electron chi connectivity index (χ3n) is 4.17. The summed E-state index contributed by atoms with van der Waals surface area (Å²) in [7, 11) is 0. The van der Waals surface area contributed by atoms with E-state index >= 15 is 0 Å². The summed E-state index contributed by atoms with van der Waals surface area (Å²) in [5.41, 5.74) is 1.24. The van der Waals surface area contributed by atoms with Gasteiger partial charge in [0, 0.05) is 30.9 Å². The molecular weight excluding hydrogens is 250 g/mol. The molecule has 0 radical (unpaired) electrons. The summed E-state index contributed by atoms with van der Waals surface area (Å²) >= 11 is 0. The summed E-state index contributed by atoms with van der Waals surface area (Å²) in [6.45, 7) is 9.05. The van der Waals surface area contributed by atoms with Crippen molar-refractivity contribution in [3.63, 3.8) is 0 Å². The number of para-hydroxylation sites is 1. The van der Waals surface area contributed by atoms with Crippen molar-refractivity contribution in [1.29, 1.82) is 0 Å². The Bertz CT molecular complexity index is 402. The molecule has 0 amide bonds. The molecule has 2 atom stereocenters. The van der Waals surface area contributed by atoms with Crippen molar-refractivity contribution < 1.29 is 9.47 Å². The van der Waals surface area contributed by atoms with E-state index in [1.807, 2.05) is 13.0 Å². The average molecular weight is 277 g/mol. The van der Waals surface area contributed by atoms with Crippen LogP contribution in [0.1, 0.15) is 45.2 Å². The molecule has 0 saturated carbocycles. The van der Waals surface area contributed by atoms with Crippen LogP contribution < -0.4 is 10.1 Å². The van der Waals surface area contributed by atoms with Crippen LogP contribution in [0.3, 0.4) is 0 Å². The fraction of sp³-hybridized carbons (Fsp3) is 0.647. The molecule has 1 aliphatic heterocycles. The maximum atomic E-state index is 5.73. The van der Waals surface area contributed by atoms with Gasteiger partial charge in [-0.15, -0.1) is 0 Å². The molecule has 1 aliphatic rings. The van der Waals surface area contributed by atoms with Gasteiger partial charge < -0.3 is 14.8 Å². The molecular formula is C17H27NO2. The predicted molar refractivity (Wildman–Crippen MR) is 82.2 cm³/mol. The fourth-order valence-electron chi connectivity index (χ4n) is 2.96. The molecule has 0 bridgehead atoms. The van der Waals surface area contributed by atoms with Gasteiger partial charge in [0.15, 0.2) is 0 Å². The summed E-state index contributed by atoms with van der Waals surface area (Å²) in [5.74, 6) is 1.71. The van der Waals surface area contributed by atoms with Crippen molar-refractivity contribution >= 4 is 0 Å². The number of ether oxygens (including phenoxy) is 2. The molecule has 0 aromatic heterocycles. The second kappa shape index (κ2) is 7.65. The largest absolute Gasteiger partial charge is 0.494 e. The highest BCUT2D eigenvalue weighted by Crippen LogP contribution is 2.27. The van der Waals surface area contributed by atoms with E-state index in [4.69, 9.17) is 9.47 Å². The Kier molecular flexibility index (Phi) is 5.86. The Morgan fingerprint density at radius 1 is 1.25 bits per heavy atom. The smallest absolute Gasteiger partial charge is 0.124 e. The lowest BCUT2D eigenvalue weighted by molar-refractivity contribution is 0.0546. The average Bonchev–Trinajstić information content (AvgIpc) is 2.49. The monoisotopic (exact) mass is 277 g/mol. The number of rotatable bonds is 6. The first-order chi connectivity index (χ1) is 9.72. The van der Waals surface area contributed by atoms with Crippen molar-refractivity contribution in [2.24, 2.45) is 5.92 Å². The fourth-order valence-corrected chi connectivity index (χ4v) is 2.96. The van der Waals surface area contributed by atoms with Crippen LogP contribution in [0, 0.1) is 5.92 Å². The first-order valence-electron chi connectivity index (χ1n) is 7.78. The van der Waals surface area contributed by atoms with E-state index in [1.54, 1.807) is 0 Å². The predicted octanol–water partition coefficient (Wildman–Crippen LogP) is 3.55. The first-order valence-corrected chi connectivity index (χ1v) is 7.78. The summed E-state index contributed by atoms with van der Waals surface area (Å²) in [5, 5.41) is 3.73. The van der Waals surface area contributed by atoms with Crippen molar-refractivity contribution in [3.05, 3.63) is 29.8 Å². The van der Waals surface area contributed by atoms with Gasteiger partial charge in [-0.3, -0.25) is 0 Å². The lowest BCUT2D eigenvalue weighted by Crippen LogP contribution is -2.38. The van der Waals surface area contributed by atoms with Crippen molar-refractivity contribution in [2.45, 2.75) is 45.7 Å². The lowest BCUT2D eigenvalue weighted by Gasteiger charge is -2.31. The van der Waals surface area contributed by atoms with Gasteiger partial charge in [-0.25, -0.2) is 0 Å². The standard InChI is InChI=1S/C17H27NO2/c1-4-20-17-8-6-5-7-16(17)14(3)18-13(2)15-9-11-19-12-10-15/h5-8,13-15,18H,4,9-12H2,1-3H3. The summed E-state index contributed by atoms with van der Waals surface area (Å²) in [6, 6.07) is 9.12. The first kappa shape index (κ1) is 15.3. The van der Waals surface area contributed by atoms with Crippen LogP contribution in [-0.4, -0.2) is 25.9 Å². The van der Waals surface area contributed by atoms with Gasteiger partial charge >= 0.3 is 0 Å². The zero-order chi connectivity index (χ0) is 14.4. The van der Waals surface area contributed by atoms with Crippen LogP contribution in [0.25, 0.3) is 0 Å². The molecule has 0 spiro atoms. The molecule has 3 nitrogen and oxygen atoms in total. The Hall–Kier alpha value is -1.06. The van der Waals surface area contributed by atoms with Gasteiger partial charge in [0.2, 0.25) is 0 Å². The van der Waals surface area contributed by atoms with E-state index < -0.39 is 0 Å². The molecule has 0 aliphatic carbocycles. The Morgan fingerprint density at radius 3 is 2.65 bits per heavy atom. The van der Waals surface area contributed by atoms with Gasteiger partial charge in [-0.1, -0.05) is 18.2 Å². The molecule has 112 valence electrons. The van der Waals surface area contributed by atoms with Crippen LogP contribution in [0.4, 0.5) is 0 Å². The van der Waals surface area contributed by atoms with Gasteiger partial charge in [0.25, 0.3) is 0 Å². The second-order valence-corrected chi connectivity index (χ2v) is 5.60. The number of nitrogens with one attached hydrogen (secondary N) is 1. The van der Waals surface area contributed by atoms with Crippen LogP contribution in [-0.2, 0) is 4.74 Å². The molecule has 1 aromatic carbocycles. The molecule has 1 saturated heterocycles.